The Morgan fingerprint density at radius 1 is 0.581 bits per heavy atom. The summed E-state index contributed by atoms with van der Waals surface area (Å²) in [5, 5.41) is 4.97. The Hall–Kier alpha value is -4.24. The first-order valence-electron chi connectivity index (χ1n) is 10.2. The molecule has 3 heteroatoms. The molecular weight excluding hydrogens is 380 g/mol. The molecule has 148 valence electrons. The molecule has 0 saturated carbocycles. The number of ketones is 1. The van der Waals surface area contributed by atoms with E-state index in [2.05, 4.69) is 0 Å². The zero-order valence-electron chi connectivity index (χ0n) is 16.8. The van der Waals surface area contributed by atoms with Crippen molar-refractivity contribution >= 4 is 5.78 Å². The van der Waals surface area contributed by atoms with E-state index in [1.165, 1.54) is 0 Å². The van der Waals surface area contributed by atoms with Gasteiger partial charge in [-0.2, -0.15) is 5.10 Å². The van der Waals surface area contributed by atoms with Crippen molar-refractivity contribution in [3.63, 3.8) is 0 Å². The van der Waals surface area contributed by atoms with Crippen LogP contribution in [-0.4, -0.2) is 15.6 Å². The molecule has 0 bridgehead atoms. The van der Waals surface area contributed by atoms with Gasteiger partial charge < -0.3 is 0 Å². The second-order valence-electron chi connectivity index (χ2n) is 7.25. The molecule has 1 aromatic heterocycles. The smallest absolute Gasteiger partial charge is 0.197 e. The molecule has 0 aliphatic heterocycles. The third-order valence-corrected chi connectivity index (χ3v) is 5.24. The molecule has 0 N–H and O–H groups in total. The zero-order chi connectivity index (χ0) is 21.0. The molecule has 0 spiro atoms. The topological polar surface area (TPSA) is 34.9 Å². The highest BCUT2D eigenvalue weighted by Crippen LogP contribution is 2.35. The van der Waals surface area contributed by atoms with Crippen molar-refractivity contribution in [2.45, 2.75) is 0 Å². The molecule has 5 aromatic rings. The van der Waals surface area contributed by atoms with Gasteiger partial charge in [0.15, 0.2) is 5.78 Å². The number of hydrogen-bond donors (Lipinski definition) is 0. The van der Waals surface area contributed by atoms with Crippen molar-refractivity contribution in [2.24, 2.45) is 0 Å². The van der Waals surface area contributed by atoms with Gasteiger partial charge in [0.25, 0.3) is 0 Å². The molecular formula is C28H20N2O. The quantitative estimate of drug-likeness (QED) is 0.318. The van der Waals surface area contributed by atoms with E-state index in [4.69, 9.17) is 5.10 Å². The lowest BCUT2D eigenvalue weighted by Crippen LogP contribution is -2.05. The molecule has 0 unspecified atom stereocenters. The van der Waals surface area contributed by atoms with E-state index < -0.39 is 0 Å². The Labute approximate surface area is 181 Å². The number of para-hydroxylation sites is 1. The number of aromatic nitrogens is 2. The third-order valence-electron chi connectivity index (χ3n) is 5.24. The molecule has 0 aliphatic carbocycles. The van der Waals surface area contributed by atoms with Crippen molar-refractivity contribution in [3.8, 4) is 28.2 Å². The van der Waals surface area contributed by atoms with Crippen LogP contribution in [0.2, 0.25) is 0 Å². The van der Waals surface area contributed by atoms with E-state index in [9.17, 15) is 4.79 Å². The van der Waals surface area contributed by atoms with Gasteiger partial charge in [0, 0.05) is 16.7 Å². The molecule has 1 heterocycles. The van der Waals surface area contributed by atoms with Crippen molar-refractivity contribution in [1.29, 1.82) is 0 Å². The number of rotatable bonds is 5. The van der Waals surface area contributed by atoms with E-state index in [0.29, 0.717) is 16.8 Å². The third kappa shape index (κ3) is 3.58. The van der Waals surface area contributed by atoms with Crippen LogP contribution in [0.25, 0.3) is 28.2 Å². The van der Waals surface area contributed by atoms with Crippen LogP contribution in [0.4, 0.5) is 0 Å². The maximum absolute atomic E-state index is 13.8. The molecule has 4 aromatic carbocycles. The van der Waals surface area contributed by atoms with Crippen molar-refractivity contribution in [2.75, 3.05) is 0 Å². The number of nitrogens with zero attached hydrogens (tertiary/aromatic N) is 2. The number of hydrogen-bond acceptors (Lipinski definition) is 2. The van der Waals surface area contributed by atoms with E-state index in [1.807, 2.05) is 126 Å². The molecule has 0 saturated heterocycles. The maximum Gasteiger partial charge on any atom is 0.197 e. The fraction of sp³-hybridized carbons (Fsp3) is 0. The van der Waals surface area contributed by atoms with Crippen LogP contribution in [0.3, 0.4) is 0 Å². The highest BCUT2D eigenvalue weighted by atomic mass is 16.1. The summed E-state index contributed by atoms with van der Waals surface area (Å²) in [6.45, 7) is 0. The summed E-state index contributed by atoms with van der Waals surface area (Å²) >= 11 is 0. The SMILES string of the molecule is O=C(c1ccccc1)c1c(-c2ccccc2)nn(-c2ccccc2)c1-c1ccccc1. The van der Waals surface area contributed by atoms with Gasteiger partial charge in [-0.1, -0.05) is 109 Å². The molecule has 0 aliphatic rings. The van der Waals surface area contributed by atoms with E-state index in [-0.39, 0.29) is 5.78 Å². The summed E-state index contributed by atoms with van der Waals surface area (Å²) in [5.74, 6) is -0.0412. The molecule has 0 atom stereocenters. The van der Waals surface area contributed by atoms with Gasteiger partial charge in [-0.15, -0.1) is 0 Å². The van der Waals surface area contributed by atoms with Gasteiger partial charge in [0.2, 0.25) is 0 Å². The second kappa shape index (κ2) is 8.25. The van der Waals surface area contributed by atoms with Crippen LogP contribution in [0.1, 0.15) is 15.9 Å². The Kier molecular flexibility index (Phi) is 4.99. The summed E-state index contributed by atoms with van der Waals surface area (Å²) in [6, 6.07) is 39.2. The standard InChI is InChI=1S/C28H20N2O/c31-28(23-17-9-3-10-18-23)25-26(21-13-5-1-6-14-21)29-30(24-19-11-4-12-20-24)27(25)22-15-7-2-8-16-22/h1-20H. The van der Waals surface area contributed by atoms with Gasteiger partial charge in [-0.05, 0) is 12.1 Å². The fourth-order valence-corrected chi connectivity index (χ4v) is 3.78. The maximum atomic E-state index is 13.8. The van der Waals surface area contributed by atoms with Gasteiger partial charge in [-0.25, -0.2) is 4.68 Å². The molecule has 31 heavy (non-hydrogen) atoms. The summed E-state index contributed by atoms with van der Waals surface area (Å²) in [5.41, 5.74) is 5.48. The molecule has 0 amide bonds. The lowest BCUT2D eigenvalue weighted by molar-refractivity contribution is 0.104. The van der Waals surface area contributed by atoms with Crippen molar-refractivity contribution < 1.29 is 4.79 Å². The molecule has 5 rings (SSSR count). The largest absolute Gasteiger partial charge is 0.288 e. The van der Waals surface area contributed by atoms with E-state index >= 15 is 0 Å². The van der Waals surface area contributed by atoms with Gasteiger partial charge in [0.05, 0.1) is 16.9 Å². The van der Waals surface area contributed by atoms with Crippen molar-refractivity contribution in [1.82, 2.24) is 9.78 Å². The lowest BCUT2D eigenvalue weighted by Gasteiger charge is -2.10. The van der Waals surface area contributed by atoms with Crippen LogP contribution in [-0.2, 0) is 0 Å². The van der Waals surface area contributed by atoms with Crippen molar-refractivity contribution in [3.05, 3.63) is 132 Å². The monoisotopic (exact) mass is 400 g/mol. The van der Waals surface area contributed by atoms with Gasteiger partial charge >= 0.3 is 0 Å². The fourth-order valence-electron chi connectivity index (χ4n) is 3.78. The molecule has 3 nitrogen and oxygen atoms in total. The second-order valence-corrected chi connectivity index (χ2v) is 7.25. The van der Waals surface area contributed by atoms with Crippen LogP contribution >= 0.6 is 0 Å². The Morgan fingerprint density at radius 2 is 1.06 bits per heavy atom. The van der Waals surface area contributed by atoms with Crippen LogP contribution in [0.15, 0.2) is 121 Å². The number of carbonyl (C=O) groups excluding carboxylic acids is 1. The predicted molar refractivity (Wildman–Crippen MR) is 124 cm³/mol. The first-order chi connectivity index (χ1) is 15.3. The zero-order valence-corrected chi connectivity index (χ0v) is 16.8. The summed E-state index contributed by atoms with van der Waals surface area (Å²) in [4.78, 5) is 13.8. The Bertz CT molecular complexity index is 1310. The highest BCUT2D eigenvalue weighted by molar-refractivity contribution is 6.16. The Balaban J connectivity index is 1.86. The lowest BCUT2D eigenvalue weighted by atomic mass is 9.95. The average Bonchev–Trinajstić information content (AvgIpc) is 3.26. The van der Waals surface area contributed by atoms with Crippen LogP contribution in [0.5, 0.6) is 0 Å². The van der Waals surface area contributed by atoms with E-state index in [1.54, 1.807) is 0 Å². The van der Waals surface area contributed by atoms with E-state index in [0.717, 1.165) is 22.5 Å². The van der Waals surface area contributed by atoms with Gasteiger partial charge in [-0.3, -0.25) is 4.79 Å². The summed E-state index contributed by atoms with van der Waals surface area (Å²) in [6.07, 6.45) is 0. The summed E-state index contributed by atoms with van der Waals surface area (Å²) in [7, 11) is 0. The van der Waals surface area contributed by atoms with Crippen LogP contribution in [0, 0.1) is 0 Å². The summed E-state index contributed by atoms with van der Waals surface area (Å²) < 4.78 is 1.88. The molecule has 0 fully saturated rings. The minimum atomic E-state index is -0.0412. The number of carbonyl (C=O) groups is 1. The van der Waals surface area contributed by atoms with Crippen LogP contribution < -0.4 is 0 Å². The van der Waals surface area contributed by atoms with Gasteiger partial charge in [0.1, 0.15) is 5.69 Å². The normalized spacial score (nSPS) is 10.7. The Morgan fingerprint density at radius 3 is 1.65 bits per heavy atom. The first kappa shape index (κ1) is 18.8. The average molecular weight is 400 g/mol. The minimum Gasteiger partial charge on any atom is -0.288 e. The predicted octanol–water partition coefficient (Wildman–Crippen LogP) is 6.44. The molecule has 0 radical (unpaired) electrons. The minimum absolute atomic E-state index is 0.0412. The number of benzene rings is 4. The highest BCUT2D eigenvalue weighted by Gasteiger charge is 2.27. The first-order valence-corrected chi connectivity index (χ1v) is 10.2.